The molecule has 0 saturated carbocycles. The van der Waals surface area contributed by atoms with Crippen molar-refractivity contribution in [2.24, 2.45) is 0 Å². The maximum absolute atomic E-state index is 9.46. The van der Waals surface area contributed by atoms with Gasteiger partial charge in [0, 0.05) is 38.2 Å². The summed E-state index contributed by atoms with van der Waals surface area (Å²) in [5, 5.41) is 10.4. The molecule has 6 heteroatoms. The lowest BCUT2D eigenvalue weighted by Gasteiger charge is -2.26. The molecule has 0 saturated heterocycles. The van der Waals surface area contributed by atoms with Crippen LogP contribution in [0.25, 0.3) is 0 Å². The van der Waals surface area contributed by atoms with Gasteiger partial charge in [0.05, 0.1) is 12.6 Å². The zero-order valence-electron chi connectivity index (χ0n) is 11.2. The van der Waals surface area contributed by atoms with E-state index in [0.717, 1.165) is 11.0 Å². The Kier molecular flexibility index (Phi) is 5.30. The molecule has 0 spiro atoms. The number of rotatable bonds is 6. The van der Waals surface area contributed by atoms with Gasteiger partial charge in [0.25, 0.3) is 0 Å². The Bertz CT molecular complexity index is 338. The first kappa shape index (κ1) is 14.3. The van der Waals surface area contributed by atoms with Crippen LogP contribution in [0, 0.1) is 0 Å². The third-order valence-electron chi connectivity index (χ3n) is 2.41. The normalized spacial score (nSPS) is 13.4. The molecule has 1 N–H and O–H groups in total. The lowest BCUT2D eigenvalue weighted by Crippen LogP contribution is -2.36. The molecule has 0 amide bonds. The van der Waals surface area contributed by atoms with Crippen LogP contribution in [0.3, 0.4) is 0 Å². The Labute approximate surface area is 107 Å². The van der Waals surface area contributed by atoms with Gasteiger partial charge in [-0.15, -0.1) is 0 Å². The summed E-state index contributed by atoms with van der Waals surface area (Å²) >= 11 is 1.41. The molecule has 0 aromatic carbocycles. The number of anilines is 1. The van der Waals surface area contributed by atoms with Crippen LogP contribution in [0.15, 0.2) is 0 Å². The van der Waals surface area contributed by atoms with Gasteiger partial charge in [0.1, 0.15) is 0 Å². The fourth-order valence-corrected chi connectivity index (χ4v) is 2.06. The van der Waals surface area contributed by atoms with E-state index in [1.54, 1.807) is 6.92 Å². The highest BCUT2D eigenvalue weighted by atomic mass is 32.1. The van der Waals surface area contributed by atoms with Crippen molar-refractivity contribution in [3.8, 4) is 0 Å². The number of aliphatic hydroxyl groups is 1. The monoisotopic (exact) mass is 258 g/mol. The van der Waals surface area contributed by atoms with Crippen LogP contribution >= 0.6 is 11.5 Å². The summed E-state index contributed by atoms with van der Waals surface area (Å²) in [6.07, 6.45) is -0.329. The smallest absolute Gasteiger partial charge is 0.204 e. The summed E-state index contributed by atoms with van der Waals surface area (Å²) in [7, 11) is 3.92. The molecular formula is C11H22N4OS. The van der Waals surface area contributed by atoms with E-state index in [0.29, 0.717) is 19.1 Å². The van der Waals surface area contributed by atoms with E-state index in [-0.39, 0.29) is 6.10 Å². The number of nitrogens with zero attached hydrogens (tertiary/aromatic N) is 4. The number of hydrogen-bond acceptors (Lipinski definition) is 6. The van der Waals surface area contributed by atoms with Gasteiger partial charge in [-0.25, -0.2) is 4.98 Å². The quantitative estimate of drug-likeness (QED) is 0.831. The molecule has 0 aliphatic rings. The maximum atomic E-state index is 9.46. The largest absolute Gasteiger partial charge is 0.392 e. The molecule has 1 aromatic rings. The highest BCUT2D eigenvalue weighted by Gasteiger charge is 2.15. The van der Waals surface area contributed by atoms with E-state index in [1.165, 1.54) is 11.5 Å². The van der Waals surface area contributed by atoms with Crippen molar-refractivity contribution in [3.63, 3.8) is 0 Å². The third-order valence-corrected chi connectivity index (χ3v) is 3.34. The fraction of sp³-hybridized carbons (Fsp3) is 0.818. The number of aromatic nitrogens is 2. The third kappa shape index (κ3) is 4.57. The standard InChI is InChI=1S/C11H22N4OS/c1-8(2)15(6-9(3)16)7-10-12-11(14(4)5)17-13-10/h8-9,16H,6-7H2,1-5H3. The predicted octanol–water partition coefficient (Wildman–Crippen LogP) is 1.20. The summed E-state index contributed by atoms with van der Waals surface area (Å²) in [5.41, 5.74) is 0. The Morgan fingerprint density at radius 3 is 2.35 bits per heavy atom. The summed E-state index contributed by atoms with van der Waals surface area (Å²) in [5.74, 6) is 0.827. The van der Waals surface area contributed by atoms with Crippen molar-refractivity contribution in [2.75, 3.05) is 25.5 Å². The fourth-order valence-electron chi connectivity index (χ4n) is 1.47. The summed E-state index contributed by atoms with van der Waals surface area (Å²) in [4.78, 5) is 8.58. The molecule has 1 rings (SSSR count). The number of hydrogen-bond donors (Lipinski definition) is 1. The van der Waals surface area contributed by atoms with E-state index >= 15 is 0 Å². The molecule has 17 heavy (non-hydrogen) atoms. The van der Waals surface area contributed by atoms with Crippen LogP contribution in [0.1, 0.15) is 26.6 Å². The van der Waals surface area contributed by atoms with Crippen molar-refractivity contribution < 1.29 is 5.11 Å². The molecule has 1 heterocycles. The van der Waals surface area contributed by atoms with E-state index in [4.69, 9.17) is 0 Å². The van der Waals surface area contributed by atoms with Crippen molar-refractivity contribution in [2.45, 2.75) is 39.5 Å². The van der Waals surface area contributed by atoms with Crippen LogP contribution in [0.2, 0.25) is 0 Å². The average molecular weight is 258 g/mol. The van der Waals surface area contributed by atoms with Crippen LogP contribution in [-0.4, -0.2) is 52.1 Å². The van der Waals surface area contributed by atoms with Crippen LogP contribution in [-0.2, 0) is 6.54 Å². The van der Waals surface area contributed by atoms with E-state index < -0.39 is 0 Å². The Morgan fingerprint density at radius 1 is 1.29 bits per heavy atom. The van der Waals surface area contributed by atoms with E-state index in [9.17, 15) is 5.11 Å². The molecule has 1 aromatic heterocycles. The molecule has 1 unspecified atom stereocenters. The van der Waals surface area contributed by atoms with Crippen molar-refractivity contribution >= 4 is 16.7 Å². The van der Waals surface area contributed by atoms with Gasteiger partial charge >= 0.3 is 0 Å². The lowest BCUT2D eigenvalue weighted by molar-refractivity contribution is 0.101. The molecule has 0 bridgehead atoms. The molecule has 98 valence electrons. The predicted molar refractivity (Wildman–Crippen MR) is 71.5 cm³/mol. The first-order valence-corrected chi connectivity index (χ1v) is 6.59. The maximum Gasteiger partial charge on any atom is 0.204 e. The summed E-state index contributed by atoms with van der Waals surface area (Å²) in [6, 6.07) is 0.371. The van der Waals surface area contributed by atoms with E-state index in [2.05, 4.69) is 28.1 Å². The average Bonchev–Trinajstić information content (AvgIpc) is 2.64. The lowest BCUT2D eigenvalue weighted by atomic mass is 10.2. The minimum absolute atomic E-state index is 0.329. The highest BCUT2D eigenvalue weighted by molar-refractivity contribution is 7.09. The Morgan fingerprint density at radius 2 is 1.94 bits per heavy atom. The Balaban J connectivity index is 2.65. The molecule has 0 fully saturated rings. The van der Waals surface area contributed by atoms with Gasteiger partial charge in [0.15, 0.2) is 5.82 Å². The number of aliphatic hydroxyl groups excluding tert-OH is 1. The SMILES string of the molecule is CC(O)CN(Cc1nsc(N(C)C)n1)C(C)C. The van der Waals surface area contributed by atoms with Crippen molar-refractivity contribution in [1.29, 1.82) is 0 Å². The summed E-state index contributed by atoms with van der Waals surface area (Å²) in [6.45, 7) is 7.36. The molecular weight excluding hydrogens is 236 g/mol. The van der Waals surface area contributed by atoms with Crippen LogP contribution < -0.4 is 4.90 Å². The van der Waals surface area contributed by atoms with Gasteiger partial charge in [-0.1, -0.05) is 0 Å². The highest BCUT2D eigenvalue weighted by Crippen LogP contribution is 2.16. The second kappa shape index (κ2) is 6.28. The van der Waals surface area contributed by atoms with Crippen LogP contribution in [0.4, 0.5) is 5.13 Å². The second-order valence-corrected chi connectivity index (χ2v) is 5.49. The van der Waals surface area contributed by atoms with Crippen molar-refractivity contribution in [1.82, 2.24) is 14.3 Å². The summed E-state index contributed by atoms with van der Waals surface area (Å²) < 4.78 is 4.33. The topological polar surface area (TPSA) is 52.5 Å². The first-order valence-electron chi connectivity index (χ1n) is 5.82. The Hall–Kier alpha value is -0.720. The minimum atomic E-state index is -0.329. The molecule has 5 nitrogen and oxygen atoms in total. The minimum Gasteiger partial charge on any atom is -0.392 e. The molecule has 0 aliphatic heterocycles. The van der Waals surface area contributed by atoms with Gasteiger partial charge < -0.3 is 10.0 Å². The van der Waals surface area contributed by atoms with Gasteiger partial charge in [-0.3, -0.25) is 4.90 Å². The zero-order valence-corrected chi connectivity index (χ0v) is 12.0. The van der Waals surface area contributed by atoms with Crippen LogP contribution in [0.5, 0.6) is 0 Å². The first-order chi connectivity index (χ1) is 7.90. The van der Waals surface area contributed by atoms with E-state index in [1.807, 2.05) is 19.0 Å². The van der Waals surface area contributed by atoms with Gasteiger partial charge in [-0.05, 0) is 20.8 Å². The molecule has 1 atom stereocenters. The van der Waals surface area contributed by atoms with Gasteiger partial charge in [-0.2, -0.15) is 4.37 Å². The van der Waals surface area contributed by atoms with Gasteiger partial charge in [0.2, 0.25) is 5.13 Å². The second-order valence-electron chi connectivity index (χ2n) is 4.76. The zero-order chi connectivity index (χ0) is 13.0. The molecule has 0 aliphatic carbocycles. The molecule has 0 radical (unpaired) electrons. The van der Waals surface area contributed by atoms with Crippen molar-refractivity contribution in [3.05, 3.63) is 5.82 Å².